The first-order chi connectivity index (χ1) is 7.16. The largest absolute Gasteiger partial charge is 0.369 e. The van der Waals surface area contributed by atoms with Crippen LogP contribution in [0.5, 0.6) is 0 Å². The fraction of sp³-hybridized carbons (Fsp3) is 0.667. The monoisotopic (exact) mass is 209 g/mol. The number of hydrogen-bond donors (Lipinski definition) is 1. The molecule has 6 heteroatoms. The number of rotatable bonds is 3. The summed E-state index contributed by atoms with van der Waals surface area (Å²) in [6.07, 6.45) is 2.71. The van der Waals surface area contributed by atoms with Gasteiger partial charge in [-0.15, -0.1) is 10.2 Å². The lowest BCUT2D eigenvalue weighted by Gasteiger charge is -2.12. The van der Waals surface area contributed by atoms with Crippen LogP contribution in [-0.4, -0.2) is 45.2 Å². The van der Waals surface area contributed by atoms with Crippen LogP contribution in [0.15, 0.2) is 6.33 Å². The molecule has 0 aliphatic carbocycles. The SMILES string of the molecule is Cn1cnnc1[C@H]1CCN(CC(N)=O)C1. The van der Waals surface area contributed by atoms with Crippen molar-refractivity contribution in [1.82, 2.24) is 19.7 Å². The highest BCUT2D eigenvalue weighted by atomic mass is 16.1. The van der Waals surface area contributed by atoms with Crippen LogP contribution in [0.3, 0.4) is 0 Å². The molecule has 0 bridgehead atoms. The molecule has 0 aromatic carbocycles. The summed E-state index contributed by atoms with van der Waals surface area (Å²) in [7, 11) is 1.94. The molecule has 82 valence electrons. The van der Waals surface area contributed by atoms with Crippen molar-refractivity contribution in [2.24, 2.45) is 12.8 Å². The first-order valence-electron chi connectivity index (χ1n) is 5.01. The van der Waals surface area contributed by atoms with Gasteiger partial charge in [-0.3, -0.25) is 9.69 Å². The minimum absolute atomic E-state index is 0.270. The smallest absolute Gasteiger partial charge is 0.231 e. The Morgan fingerprint density at radius 1 is 1.73 bits per heavy atom. The Morgan fingerprint density at radius 3 is 3.13 bits per heavy atom. The number of carbonyl (C=O) groups is 1. The summed E-state index contributed by atoms with van der Waals surface area (Å²) in [6, 6.07) is 0. The molecule has 0 saturated carbocycles. The van der Waals surface area contributed by atoms with E-state index in [4.69, 9.17) is 5.73 Å². The molecule has 1 saturated heterocycles. The zero-order valence-electron chi connectivity index (χ0n) is 8.76. The third kappa shape index (κ3) is 2.15. The van der Waals surface area contributed by atoms with Gasteiger partial charge in [0, 0.05) is 19.5 Å². The fourth-order valence-corrected chi connectivity index (χ4v) is 2.07. The summed E-state index contributed by atoms with van der Waals surface area (Å²) in [6.45, 7) is 2.09. The van der Waals surface area contributed by atoms with Crippen molar-refractivity contribution in [3.8, 4) is 0 Å². The number of aryl methyl sites for hydroxylation is 1. The fourth-order valence-electron chi connectivity index (χ4n) is 2.07. The van der Waals surface area contributed by atoms with Gasteiger partial charge in [0.1, 0.15) is 12.2 Å². The van der Waals surface area contributed by atoms with Crippen LogP contribution in [0.4, 0.5) is 0 Å². The van der Waals surface area contributed by atoms with Crippen LogP contribution in [0, 0.1) is 0 Å². The van der Waals surface area contributed by atoms with Crippen LogP contribution in [0.1, 0.15) is 18.2 Å². The average Bonchev–Trinajstić information content (AvgIpc) is 2.72. The zero-order valence-corrected chi connectivity index (χ0v) is 8.76. The number of primary amides is 1. The molecular formula is C9H15N5O. The van der Waals surface area contributed by atoms with E-state index in [9.17, 15) is 4.79 Å². The summed E-state index contributed by atoms with van der Waals surface area (Å²) < 4.78 is 1.93. The molecule has 1 aliphatic heterocycles. The zero-order chi connectivity index (χ0) is 10.8. The van der Waals surface area contributed by atoms with E-state index in [1.807, 2.05) is 11.6 Å². The Hall–Kier alpha value is -1.43. The van der Waals surface area contributed by atoms with E-state index in [0.29, 0.717) is 12.5 Å². The average molecular weight is 209 g/mol. The van der Waals surface area contributed by atoms with Crippen molar-refractivity contribution in [2.45, 2.75) is 12.3 Å². The molecule has 6 nitrogen and oxygen atoms in total. The highest BCUT2D eigenvalue weighted by molar-refractivity contribution is 5.75. The van der Waals surface area contributed by atoms with Gasteiger partial charge in [-0.05, 0) is 13.0 Å². The molecule has 0 spiro atoms. The quantitative estimate of drug-likeness (QED) is 0.699. The van der Waals surface area contributed by atoms with E-state index >= 15 is 0 Å². The van der Waals surface area contributed by atoms with Gasteiger partial charge in [0.25, 0.3) is 0 Å². The Morgan fingerprint density at radius 2 is 2.53 bits per heavy atom. The molecular weight excluding hydrogens is 194 g/mol. The third-order valence-electron chi connectivity index (χ3n) is 2.76. The van der Waals surface area contributed by atoms with Crippen molar-refractivity contribution in [2.75, 3.05) is 19.6 Å². The van der Waals surface area contributed by atoms with Gasteiger partial charge in [-0.2, -0.15) is 0 Å². The normalized spacial score (nSPS) is 22.1. The first-order valence-corrected chi connectivity index (χ1v) is 5.01. The van der Waals surface area contributed by atoms with E-state index < -0.39 is 0 Å². The molecule has 1 fully saturated rings. The molecule has 1 aliphatic rings. The molecule has 2 rings (SSSR count). The second-order valence-electron chi connectivity index (χ2n) is 3.99. The second kappa shape index (κ2) is 3.98. The van der Waals surface area contributed by atoms with Crippen LogP contribution in [0.2, 0.25) is 0 Å². The maximum atomic E-state index is 10.8. The first kappa shape index (κ1) is 10.1. The molecule has 1 aromatic rings. The highest BCUT2D eigenvalue weighted by Crippen LogP contribution is 2.24. The topological polar surface area (TPSA) is 77.0 Å². The minimum atomic E-state index is -0.270. The summed E-state index contributed by atoms with van der Waals surface area (Å²) in [4.78, 5) is 12.8. The van der Waals surface area contributed by atoms with E-state index in [-0.39, 0.29) is 5.91 Å². The van der Waals surface area contributed by atoms with Crippen molar-refractivity contribution < 1.29 is 4.79 Å². The summed E-state index contributed by atoms with van der Waals surface area (Å²) >= 11 is 0. The van der Waals surface area contributed by atoms with E-state index in [0.717, 1.165) is 25.3 Å². The van der Waals surface area contributed by atoms with E-state index in [2.05, 4.69) is 15.1 Å². The Balaban J connectivity index is 1.98. The van der Waals surface area contributed by atoms with Crippen LogP contribution < -0.4 is 5.73 Å². The molecule has 15 heavy (non-hydrogen) atoms. The van der Waals surface area contributed by atoms with Gasteiger partial charge >= 0.3 is 0 Å². The number of nitrogens with zero attached hydrogens (tertiary/aromatic N) is 4. The number of amides is 1. The molecule has 1 atom stereocenters. The maximum absolute atomic E-state index is 10.8. The molecule has 2 N–H and O–H groups in total. The molecule has 1 aromatic heterocycles. The maximum Gasteiger partial charge on any atom is 0.231 e. The lowest BCUT2D eigenvalue weighted by atomic mass is 10.1. The van der Waals surface area contributed by atoms with Crippen molar-refractivity contribution in [1.29, 1.82) is 0 Å². The lowest BCUT2D eigenvalue weighted by molar-refractivity contribution is -0.118. The molecule has 0 unspecified atom stereocenters. The van der Waals surface area contributed by atoms with Crippen molar-refractivity contribution in [3.05, 3.63) is 12.2 Å². The number of likely N-dealkylation sites (tertiary alicyclic amines) is 1. The summed E-state index contributed by atoms with van der Waals surface area (Å²) in [5.74, 6) is 1.09. The van der Waals surface area contributed by atoms with Crippen LogP contribution in [0.25, 0.3) is 0 Å². The van der Waals surface area contributed by atoms with Gasteiger partial charge < -0.3 is 10.3 Å². The highest BCUT2D eigenvalue weighted by Gasteiger charge is 2.27. The lowest BCUT2D eigenvalue weighted by Crippen LogP contribution is -2.32. The van der Waals surface area contributed by atoms with Gasteiger partial charge in [0.2, 0.25) is 5.91 Å². The van der Waals surface area contributed by atoms with Gasteiger partial charge in [-0.25, -0.2) is 0 Å². The predicted molar refractivity (Wildman–Crippen MR) is 54.0 cm³/mol. The Bertz CT molecular complexity index is 361. The van der Waals surface area contributed by atoms with Gasteiger partial charge in [0.15, 0.2) is 0 Å². The van der Waals surface area contributed by atoms with Gasteiger partial charge in [-0.1, -0.05) is 0 Å². The number of hydrogen-bond acceptors (Lipinski definition) is 4. The van der Waals surface area contributed by atoms with E-state index in [1.54, 1.807) is 6.33 Å². The number of nitrogens with two attached hydrogens (primary N) is 1. The standard InChI is InChI=1S/C9H15N5O/c1-13-6-11-12-9(13)7-2-3-14(4-7)5-8(10)15/h6-7H,2-5H2,1H3,(H2,10,15)/t7-/m0/s1. The molecule has 0 radical (unpaired) electrons. The summed E-state index contributed by atoms with van der Waals surface area (Å²) in [5.41, 5.74) is 5.15. The van der Waals surface area contributed by atoms with Crippen LogP contribution >= 0.6 is 0 Å². The molecule has 2 heterocycles. The van der Waals surface area contributed by atoms with Crippen molar-refractivity contribution >= 4 is 5.91 Å². The Labute approximate surface area is 88.1 Å². The summed E-state index contributed by atoms with van der Waals surface area (Å²) in [5, 5.41) is 7.94. The van der Waals surface area contributed by atoms with Crippen molar-refractivity contribution in [3.63, 3.8) is 0 Å². The predicted octanol–water partition coefficient (Wildman–Crippen LogP) is -0.910. The second-order valence-corrected chi connectivity index (χ2v) is 3.99. The molecule has 1 amide bonds. The van der Waals surface area contributed by atoms with E-state index in [1.165, 1.54) is 0 Å². The van der Waals surface area contributed by atoms with Gasteiger partial charge in [0.05, 0.1) is 6.54 Å². The number of carbonyl (C=O) groups excluding carboxylic acids is 1. The van der Waals surface area contributed by atoms with Crippen LogP contribution in [-0.2, 0) is 11.8 Å². The minimum Gasteiger partial charge on any atom is -0.369 e. The third-order valence-corrected chi connectivity index (χ3v) is 2.76. The Kier molecular flexibility index (Phi) is 2.68. The number of aromatic nitrogens is 3.